The molecule has 2 aromatic rings. The SMILES string of the molecule is CC[C@@H](c1ccccc1)c1nnc(SCN2CCCCC2=O)o1. The summed E-state index contributed by atoms with van der Waals surface area (Å²) >= 11 is 1.44. The van der Waals surface area contributed by atoms with Gasteiger partial charge in [0, 0.05) is 13.0 Å². The van der Waals surface area contributed by atoms with Crippen molar-refractivity contribution in [1.29, 1.82) is 0 Å². The Morgan fingerprint density at radius 1 is 1.26 bits per heavy atom. The van der Waals surface area contributed by atoms with Crippen molar-refractivity contribution < 1.29 is 9.21 Å². The van der Waals surface area contributed by atoms with Crippen molar-refractivity contribution in [2.75, 3.05) is 12.4 Å². The summed E-state index contributed by atoms with van der Waals surface area (Å²) < 4.78 is 5.82. The van der Waals surface area contributed by atoms with E-state index in [1.54, 1.807) is 0 Å². The van der Waals surface area contributed by atoms with E-state index in [4.69, 9.17) is 4.42 Å². The molecule has 3 rings (SSSR count). The van der Waals surface area contributed by atoms with Crippen LogP contribution in [0.2, 0.25) is 0 Å². The lowest BCUT2D eigenvalue weighted by Crippen LogP contribution is -2.34. The average Bonchev–Trinajstić information content (AvgIpc) is 3.04. The molecule has 5 nitrogen and oxygen atoms in total. The molecule has 0 spiro atoms. The fraction of sp³-hybridized carbons (Fsp3) is 0.471. The Balaban J connectivity index is 1.64. The van der Waals surface area contributed by atoms with Gasteiger partial charge in [-0.3, -0.25) is 4.79 Å². The molecule has 0 saturated carbocycles. The third-order valence-electron chi connectivity index (χ3n) is 4.10. The summed E-state index contributed by atoms with van der Waals surface area (Å²) in [4.78, 5) is 13.7. The van der Waals surface area contributed by atoms with Gasteiger partial charge < -0.3 is 9.32 Å². The Labute approximate surface area is 140 Å². The molecule has 1 aromatic carbocycles. The number of hydrogen-bond donors (Lipinski definition) is 0. The fourth-order valence-electron chi connectivity index (χ4n) is 2.79. The van der Waals surface area contributed by atoms with Crippen LogP contribution in [0.25, 0.3) is 0 Å². The summed E-state index contributed by atoms with van der Waals surface area (Å²) in [6.07, 6.45) is 3.63. The lowest BCUT2D eigenvalue weighted by atomic mass is 9.97. The van der Waals surface area contributed by atoms with Gasteiger partial charge in [0.05, 0.1) is 11.8 Å². The maximum absolute atomic E-state index is 11.8. The second kappa shape index (κ2) is 7.64. The normalized spacial score (nSPS) is 16.6. The molecular weight excluding hydrogens is 310 g/mol. The first-order valence-corrected chi connectivity index (χ1v) is 9.05. The van der Waals surface area contributed by atoms with Gasteiger partial charge in [-0.05, 0) is 36.6 Å². The monoisotopic (exact) mass is 331 g/mol. The van der Waals surface area contributed by atoms with Crippen LogP contribution in [0.5, 0.6) is 0 Å². The fourth-order valence-corrected chi connectivity index (χ4v) is 3.57. The summed E-state index contributed by atoms with van der Waals surface area (Å²) in [5, 5.41) is 8.87. The maximum Gasteiger partial charge on any atom is 0.278 e. The molecule has 1 aliphatic rings. The van der Waals surface area contributed by atoms with Crippen molar-refractivity contribution >= 4 is 17.7 Å². The Morgan fingerprint density at radius 2 is 2.09 bits per heavy atom. The van der Waals surface area contributed by atoms with Crippen LogP contribution in [0.15, 0.2) is 40.0 Å². The van der Waals surface area contributed by atoms with Gasteiger partial charge in [-0.15, -0.1) is 10.2 Å². The van der Waals surface area contributed by atoms with Crippen LogP contribution < -0.4 is 0 Å². The van der Waals surface area contributed by atoms with Gasteiger partial charge in [0.2, 0.25) is 11.8 Å². The molecule has 0 unspecified atom stereocenters. The zero-order valence-electron chi connectivity index (χ0n) is 13.3. The van der Waals surface area contributed by atoms with Crippen LogP contribution in [0.3, 0.4) is 0 Å². The van der Waals surface area contributed by atoms with Crippen LogP contribution in [-0.4, -0.2) is 33.4 Å². The zero-order chi connectivity index (χ0) is 16.1. The smallest absolute Gasteiger partial charge is 0.278 e. The molecule has 1 fully saturated rings. The van der Waals surface area contributed by atoms with Crippen LogP contribution in [0, 0.1) is 0 Å². The highest BCUT2D eigenvalue weighted by Gasteiger charge is 2.21. The Bertz CT molecular complexity index is 644. The molecule has 0 aliphatic carbocycles. The minimum Gasteiger partial charge on any atom is -0.415 e. The highest BCUT2D eigenvalue weighted by atomic mass is 32.2. The van der Waals surface area contributed by atoms with E-state index < -0.39 is 0 Å². The molecule has 1 aliphatic heterocycles. The van der Waals surface area contributed by atoms with E-state index in [0.717, 1.165) is 25.8 Å². The highest BCUT2D eigenvalue weighted by molar-refractivity contribution is 7.99. The number of benzene rings is 1. The standard InChI is InChI=1S/C17H21N3O2S/c1-2-14(13-8-4-3-5-9-13)16-18-19-17(22-16)23-12-20-11-7-6-10-15(20)21/h3-5,8-9,14H,2,6-7,10-12H2,1H3/t14-/m0/s1. The van der Waals surface area contributed by atoms with E-state index in [-0.39, 0.29) is 11.8 Å². The summed E-state index contributed by atoms with van der Waals surface area (Å²) in [6.45, 7) is 2.94. The molecule has 1 aromatic heterocycles. The van der Waals surface area contributed by atoms with Crippen molar-refractivity contribution in [2.24, 2.45) is 0 Å². The molecule has 6 heteroatoms. The minimum atomic E-state index is 0.120. The molecular formula is C17H21N3O2S. The Kier molecular flexibility index (Phi) is 5.33. The molecule has 0 bridgehead atoms. The molecule has 2 heterocycles. The average molecular weight is 331 g/mol. The van der Waals surface area contributed by atoms with Gasteiger partial charge in [-0.2, -0.15) is 0 Å². The minimum absolute atomic E-state index is 0.120. The van der Waals surface area contributed by atoms with Crippen LogP contribution in [0.4, 0.5) is 0 Å². The van der Waals surface area contributed by atoms with Crippen LogP contribution >= 0.6 is 11.8 Å². The van der Waals surface area contributed by atoms with E-state index >= 15 is 0 Å². The quantitative estimate of drug-likeness (QED) is 0.756. The van der Waals surface area contributed by atoms with Crippen molar-refractivity contribution in [3.63, 3.8) is 0 Å². The highest BCUT2D eigenvalue weighted by Crippen LogP contribution is 2.29. The van der Waals surface area contributed by atoms with Crippen LogP contribution in [-0.2, 0) is 4.79 Å². The van der Waals surface area contributed by atoms with E-state index in [1.165, 1.54) is 17.3 Å². The van der Waals surface area contributed by atoms with Crippen LogP contribution in [0.1, 0.15) is 50.0 Å². The molecule has 122 valence electrons. The first-order chi connectivity index (χ1) is 11.3. The van der Waals surface area contributed by atoms with Crippen molar-refractivity contribution in [3.05, 3.63) is 41.8 Å². The first kappa shape index (κ1) is 16.1. The molecule has 1 saturated heterocycles. The van der Waals surface area contributed by atoms with Crippen molar-refractivity contribution in [1.82, 2.24) is 15.1 Å². The summed E-state index contributed by atoms with van der Waals surface area (Å²) in [5.74, 6) is 1.57. The van der Waals surface area contributed by atoms with E-state index in [9.17, 15) is 4.79 Å². The second-order valence-corrected chi connectivity index (χ2v) is 6.56. The van der Waals surface area contributed by atoms with Gasteiger partial charge in [0.25, 0.3) is 5.22 Å². The van der Waals surface area contributed by atoms with Gasteiger partial charge in [0.1, 0.15) is 0 Å². The van der Waals surface area contributed by atoms with Crippen molar-refractivity contribution in [3.8, 4) is 0 Å². The molecule has 1 atom stereocenters. The zero-order valence-corrected chi connectivity index (χ0v) is 14.1. The van der Waals surface area contributed by atoms with Gasteiger partial charge in [0.15, 0.2) is 0 Å². The Hall–Kier alpha value is -1.82. The third kappa shape index (κ3) is 3.93. The van der Waals surface area contributed by atoms with Gasteiger partial charge in [-0.1, -0.05) is 37.3 Å². The predicted octanol–water partition coefficient (Wildman–Crippen LogP) is 3.67. The number of likely N-dealkylation sites (tertiary alicyclic amines) is 1. The first-order valence-electron chi connectivity index (χ1n) is 8.07. The number of carbonyl (C=O) groups is 1. The number of nitrogens with zero attached hydrogens (tertiary/aromatic N) is 3. The molecule has 0 N–H and O–H groups in total. The lowest BCUT2D eigenvalue weighted by Gasteiger charge is -2.25. The maximum atomic E-state index is 11.8. The van der Waals surface area contributed by atoms with Gasteiger partial charge >= 0.3 is 0 Å². The number of thioether (sulfide) groups is 1. The topological polar surface area (TPSA) is 59.2 Å². The lowest BCUT2D eigenvalue weighted by molar-refractivity contribution is -0.132. The van der Waals surface area contributed by atoms with Gasteiger partial charge in [-0.25, -0.2) is 0 Å². The summed E-state index contributed by atoms with van der Waals surface area (Å²) in [5.41, 5.74) is 1.18. The molecule has 1 amide bonds. The second-order valence-electron chi connectivity index (χ2n) is 5.67. The summed E-state index contributed by atoms with van der Waals surface area (Å²) in [6, 6.07) is 10.2. The molecule has 0 radical (unpaired) electrons. The number of carbonyl (C=O) groups excluding carboxylic acids is 1. The molecule has 23 heavy (non-hydrogen) atoms. The number of rotatable bonds is 6. The number of piperidine rings is 1. The van der Waals surface area contributed by atoms with E-state index in [2.05, 4.69) is 29.3 Å². The summed E-state index contributed by atoms with van der Waals surface area (Å²) in [7, 11) is 0. The Morgan fingerprint density at radius 3 is 2.83 bits per heavy atom. The number of amides is 1. The number of hydrogen-bond acceptors (Lipinski definition) is 5. The van der Waals surface area contributed by atoms with E-state index in [1.807, 2.05) is 23.1 Å². The van der Waals surface area contributed by atoms with E-state index in [0.29, 0.717) is 23.4 Å². The number of aromatic nitrogens is 2. The predicted molar refractivity (Wildman–Crippen MR) is 89.2 cm³/mol. The largest absolute Gasteiger partial charge is 0.415 e. The third-order valence-corrected chi connectivity index (χ3v) is 4.95. The van der Waals surface area contributed by atoms with Crippen molar-refractivity contribution in [2.45, 2.75) is 43.7 Å².